The number of carbonyl (C=O) groups excluding carboxylic acids is 2. The van der Waals surface area contributed by atoms with E-state index in [0.29, 0.717) is 47.8 Å². The first-order valence-corrected chi connectivity index (χ1v) is 13.4. The van der Waals surface area contributed by atoms with Gasteiger partial charge in [0.2, 0.25) is 0 Å². The number of nitrogens with zero attached hydrogens (tertiary/aromatic N) is 1. The molecule has 1 aromatic rings. The number of pyridine rings is 1. The fraction of sp³-hybridized carbons (Fsp3) is 0.690. The van der Waals surface area contributed by atoms with Crippen molar-refractivity contribution in [3.05, 3.63) is 29.1 Å². The summed E-state index contributed by atoms with van der Waals surface area (Å²) in [6.07, 6.45) is 10.9. The van der Waals surface area contributed by atoms with E-state index in [-0.39, 0.29) is 34.8 Å². The molecule has 0 bridgehead atoms. The molecule has 3 saturated carbocycles. The summed E-state index contributed by atoms with van der Waals surface area (Å²) in [6.45, 7) is 8.95. The smallest absolute Gasteiger partial charge is 0.160 e. The fourth-order valence-corrected chi connectivity index (χ4v) is 8.51. The van der Waals surface area contributed by atoms with Crippen LogP contribution in [0.5, 0.6) is 5.75 Å². The van der Waals surface area contributed by atoms with Crippen LogP contribution < -0.4 is 5.32 Å². The van der Waals surface area contributed by atoms with Gasteiger partial charge in [0, 0.05) is 18.0 Å². The number of aryl methyl sites for hydroxylation is 2. The van der Waals surface area contributed by atoms with Crippen molar-refractivity contribution in [1.82, 2.24) is 4.98 Å². The molecule has 3 fully saturated rings. The molecule has 6 atom stereocenters. The summed E-state index contributed by atoms with van der Waals surface area (Å²) >= 11 is 0. The Balaban J connectivity index is 1.31. The lowest BCUT2D eigenvalue weighted by atomic mass is 9.46. The number of aromatic hydroxyl groups is 1. The Kier molecular flexibility index (Phi) is 5.89. The highest BCUT2D eigenvalue weighted by Gasteiger charge is 2.59. The summed E-state index contributed by atoms with van der Waals surface area (Å²) in [4.78, 5) is 30.0. The van der Waals surface area contributed by atoms with E-state index in [1.165, 1.54) is 18.4 Å². The molecule has 0 aromatic carbocycles. The Bertz CT molecular complexity index is 1050. The van der Waals surface area contributed by atoms with Crippen molar-refractivity contribution < 1.29 is 14.7 Å². The molecule has 4 aliphatic rings. The number of ketones is 2. The molecular formula is C29H40N2O3. The molecule has 0 aliphatic heterocycles. The molecule has 2 N–H and O–H groups in total. The lowest BCUT2D eigenvalue weighted by Gasteiger charge is -2.58. The minimum Gasteiger partial charge on any atom is -0.504 e. The number of fused-ring (bicyclic) bond motifs is 5. The number of carbonyl (C=O) groups is 2. The first-order valence-electron chi connectivity index (χ1n) is 13.4. The van der Waals surface area contributed by atoms with Crippen molar-refractivity contribution in [2.24, 2.45) is 34.5 Å². The summed E-state index contributed by atoms with van der Waals surface area (Å²) in [7, 11) is 0. The van der Waals surface area contributed by atoms with E-state index < -0.39 is 0 Å². The van der Waals surface area contributed by atoms with Gasteiger partial charge in [0.1, 0.15) is 0 Å². The number of allylic oxidation sites excluding steroid dienone is 1. The number of aromatic nitrogens is 1. The molecule has 0 amide bonds. The highest BCUT2D eigenvalue weighted by Crippen LogP contribution is 2.66. The minimum absolute atomic E-state index is 0.0623. The largest absolute Gasteiger partial charge is 0.504 e. The van der Waals surface area contributed by atoms with Crippen molar-refractivity contribution in [3.8, 4) is 5.75 Å². The maximum Gasteiger partial charge on any atom is 0.160 e. The second kappa shape index (κ2) is 8.49. The first kappa shape index (κ1) is 23.6. The average Bonchev–Trinajstić information content (AvgIpc) is 3.17. The number of nitrogens with one attached hydrogen (secondary N) is 1. The highest BCUT2D eigenvalue weighted by molar-refractivity contribution is 5.91. The van der Waals surface area contributed by atoms with Crippen LogP contribution in [0.4, 0.5) is 5.69 Å². The van der Waals surface area contributed by atoms with Crippen LogP contribution in [0, 0.1) is 41.4 Å². The lowest BCUT2D eigenvalue weighted by molar-refractivity contribution is -0.129. The van der Waals surface area contributed by atoms with E-state index >= 15 is 0 Å². The molecule has 0 unspecified atom stereocenters. The normalized spacial score (nSPS) is 36.8. The molecule has 5 rings (SSSR count). The van der Waals surface area contributed by atoms with Crippen LogP contribution in [0.1, 0.15) is 83.5 Å². The molecule has 0 saturated heterocycles. The average molecular weight is 465 g/mol. The Labute approximate surface area is 203 Å². The van der Waals surface area contributed by atoms with Crippen LogP contribution >= 0.6 is 0 Å². The molecule has 0 radical (unpaired) electrons. The second-order valence-corrected chi connectivity index (χ2v) is 11.9. The number of rotatable bonds is 5. The van der Waals surface area contributed by atoms with Crippen molar-refractivity contribution in [2.45, 2.75) is 85.5 Å². The molecule has 1 aromatic heterocycles. The van der Waals surface area contributed by atoms with Gasteiger partial charge in [0.25, 0.3) is 0 Å². The van der Waals surface area contributed by atoms with Gasteiger partial charge in [0.05, 0.1) is 17.9 Å². The van der Waals surface area contributed by atoms with Crippen LogP contribution in [0.2, 0.25) is 0 Å². The van der Waals surface area contributed by atoms with Gasteiger partial charge >= 0.3 is 0 Å². The number of anilines is 1. The zero-order valence-electron chi connectivity index (χ0n) is 21.2. The molecule has 0 spiro atoms. The fourth-order valence-electron chi connectivity index (χ4n) is 8.51. The molecule has 1 heterocycles. The monoisotopic (exact) mass is 464 g/mol. The van der Waals surface area contributed by atoms with E-state index in [1.807, 2.05) is 26.0 Å². The number of Topliss-reactive ketones (excluding diaryl/α,β-unsaturated/α-hetero) is 1. The third-order valence-electron chi connectivity index (χ3n) is 10.3. The zero-order chi connectivity index (χ0) is 24.3. The van der Waals surface area contributed by atoms with Crippen LogP contribution in [-0.4, -0.2) is 28.2 Å². The third-order valence-corrected chi connectivity index (χ3v) is 10.3. The van der Waals surface area contributed by atoms with Crippen LogP contribution in [0.3, 0.4) is 0 Å². The van der Waals surface area contributed by atoms with Crippen LogP contribution in [0.15, 0.2) is 17.7 Å². The van der Waals surface area contributed by atoms with Crippen LogP contribution in [-0.2, 0) is 16.0 Å². The van der Waals surface area contributed by atoms with Gasteiger partial charge in [-0.05, 0) is 99.0 Å². The Hall–Kier alpha value is -2.17. The summed E-state index contributed by atoms with van der Waals surface area (Å²) in [5.74, 6) is 2.75. The second-order valence-electron chi connectivity index (χ2n) is 11.9. The summed E-state index contributed by atoms with van der Waals surface area (Å²) in [6, 6.07) is 1.83. The highest BCUT2D eigenvalue weighted by atomic mass is 16.3. The van der Waals surface area contributed by atoms with Gasteiger partial charge in [-0.1, -0.05) is 26.3 Å². The van der Waals surface area contributed by atoms with E-state index in [0.717, 1.165) is 37.8 Å². The van der Waals surface area contributed by atoms with Crippen molar-refractivity contribution in [2.75, 3.05) is 11.9 Å². The predicted octanol–water partition coefficient (Wildman–Crippen LogP) is 5.79. The predicted molar refractivity (Wildman–Crippen MR) is 134 cm³/mol. The van der Waals surface area contributed by atoms with E-state index in [2.05, 4.69) is 24.1 Å². The Morgan fingerprint density at radius 3 is 2.71 bits per heavy atom. The summed E-state index contributed by atoms with van der Waals surface area (Å²) in [5.41, 5.74) is 3.78. The van der Waals surface area contributed by atoms with Gasteiger partial charge in [-0.3, -0.25) is 14.6 Å². The maximum atomic E-state index is 13.5. The first-order chi connectivity index (χ1) is 16.2. The van der Waals surface area contributed by atoms with Gasteiger partial charge < -0.3 is 10.4 Å². The minimum atomic E-state index is 0.0623. The number of hydrogen-bond donors (Lipinski definition) is 2. The van der Waals surface area contributed by atoms with Gasteiger partial charge in [-0.2, -0.15) is 0 Å². The Morgan fingerprint density at radius 1 is 1.15 bits per heavy atom. The zero-order valence-corrected chi connectivity index (χ0v) is 21.2. The van der Waals surface area contributed by atoms with E-state index in [9.17, 15) is 14.7 Å². The number of hydrogen-bond acceptors (Lipinski definition) is 5. The summed E-state index contributed by atoms with van der Waals surface area (Å²) in [5, 5.41) is 13.8. The van der Waals surface area contributed by atoms with Crippen LogP contribution in [0.25, 0.3) is 0 Å². The van der Waals surface area contributed by atoms with E-state index in [1.54, 1.807) is 0 Å². The van der Waals surface area contributed by atoms with Gasteiger partial charge in [-0.15, -0.1) is 0 Å². The lowest BCUT2D eigenvalue weighted by Crippen LogP contribution is -2.51. The standard InChI is InChI=1S/C29H40N2O3/c1-5-24-27(34)25(14-17(2)31-24)30-16-26(33)23-9-8-21-20-7-6-18-15-19(32)10-12-28(18,3)22(20)11-13-29(21,23)4/h14-15,20-23,34H,5-13,16H2,1-4H3,(H,30,31)/t20-,21-,22-,23+,28-,29-/m1/s1. The molecule has 184 valence electrons. The van der Waals surface area contributed by atoms with Gasteiger partial charge in [-0.25, -0.2) is 0 Å². The van der Waals surface area contributed by atoms with E-state index in [4.69, 9.17) is 0 Å². The van der Waals surface area contributed by atoms with Crippen molar-refractivity contribution >= 4 is 17.3 Å². The maximum absolute atomic E-state index is 13.5. The third kappa shape index (κ3) is 3.61. The van der Waals surface area contributed by atoms with Gasteiger partial charge in [0.15, 0.2) is 17.3 Å². The van der Waals surface area contributed by atoms with Crippen molar-refractivity contribution in [3.63, 3.8) is 0 Å². The molecule has 5 heteroatoms. The SMILES string of the molecule is CCc1nc(C)cc(NCC(=O)[C@@H]2CC[C@@H]3[C@H]4CCC5=CC(=O)CC[C@@]5(C)[C@@H]4CC[C@]32C)c1O. The molecule has 5 nitrogen and oxygen atoms in total. The molecule has 4 aliphatic carbocycles. The quantitative estimate of drug-likeness (QED) is 0.577. The molecular weight excluding hydrogens is 424 g/mol. The Morgan fingerprint density at radius 2 is 1.94 bits per heavy atom. The van der Waals surface area contributed by atoms with Crippen molar-refractivity contribution in [1.29, 1.82) is 0 Å². The molecule has 34 heavy (non-hydrogen) atoms. The summed E-state index contributed by atoms with van der Waals surface area (Å²) < 4.78 is 0. The topological polar surface area (TPSA) is 79.3 Å².